The summed E-state index contributed by atoms with van der Waals surface area (Å²) >= 11 is 27.5. The first-order chi connectivity index (χ1) is 25.2. The number of thiazole rings is 2. The van der Waals surface area contributed by atoms with Gasteiger partial charge in [0.1, 0.15) is 21.4 Å². The van der Waals surface area contributed by atoms with Gasteiger partial charge in [0.2, 0.25) is 0 Å². The van der Waals surface area contributed by atoms with Gasteiger partial charge in [-0.2, -0.15) is 0 Å². The second-order valence-corrected chi connectivity index (χ2v) is 16.4. The number of methoxy groups -OCH3 is 1. The number of carbonyl (C=O) groups is 2. The van der Waals surface area contributed by atoms with Gasteiger partial charge in [0.15, 0.2) is 0 Å². The SMILES string of the molecule is CC(C)Cc1sc(-c2cccc(C(=O)O)n2)nc1-c1ccc(Cl)c(Cl)c1.COC(=O)c1cccc(-c2nc(-c3ccc(Cl)c(Cl)c3)c(CC(C)C)s2)n1.[Li+].[OH-]. The van der Waals surface area contributed by atoms with E-state index in [2.05, 4.69) is 37.7 Å². The van der Waals surface area contributed by atoms with Gasteiger partial charge in [0.05, 0.1) is 50.0 Å². The maximum absolute atomic E-state index is 11.8. The molecule has 282 valence electrons. The third kappa shape index (κ3) is 11.8. The van der Waals surface area contributed by atoms with Crippen molar-refractivity contribution in [2.45, 2.75) is 40.5 Å². The molecule has 0 aliphatic rings. The molecule has 6 aromatic rings. The van der Waals surface area contributed by atoms with E-state index in [0.717, 1.165) is 50.1 Å². The van der Waals surface area contributed by atoms with Crippen molar-refractivity contribution in [3.8, 4) is 43.9 Å². The van der Waals surface area contributed by atoms with E-state index in [1.807, 2.05) is 24.3 Å². The van der Waals surface area contributed by atoms with Gasteiger partial charge in [-0.25, -0.2) is 29.5 Å². The number of carboxylic acids is 1. The molecule has 0 aliphatic carbocycles. The van der Waals surface area contributed by atoms with E-state index in [1.165, 1.54) is 24.5 Å². The molecule has 9 nitrogen and oxygen atoms in total. The summed E-state index contributed by atoms with van der Waals surface area (Å²) in [5, 5.41) is 12.6. The van der Waals surface area contributed by atoms with Crippen LogP contribution in [0.4, 0.5) is 0 Å². The monoisotopic (exact) mass is 850 g/mol. The number of pyridine rings is 2. The van der Waals surface area contributed by atoms with Crippen molar-refractivity contribution in [3.05, 3.63) is 114 Å². The van der Waals surface area contributed by atoms with Crippen molar-refractivity contribution in [2.75, 3.05) is 7.11 Å². The van der Waals surface area contributed by atoms with Gasteiger partial charge in [0.25, 0.3) is 0 Å². The fourth-order valence-corrected chi connectivity index (χ4v) is 8.25. The van der Waals surface area contributed by atoms with E-state index in [0.29, 0.717) is 48.3 Å². The Balaban J connectivity index is 0.000000285. The number of carboxylic acid groups (broad SMARTS) is 1. The van der Waals surface area contributed by atoms with Gasteiger partial charge in [-0.05, 0) is 73.2 Å². The molecule has 0 atom stereocenters. The molecule has 6 rings (SSSR count). The number of nitrogens with zero attached hydrogens (tertiary/aromatic N) is 4. The molecule has 0 saturated heterocycles. The number of ether oxygens (including phenoxy) is 1. The summed E-state index contributed by atoms with van der Waals surface area (Å²) in [5.74, 6) is -0.617. The molecular weight excluding hydrogens is 817 g/mol. The van der Waals surface area contributed by atoms with E-state index in [9.17, 15) is 9.59 Å². The zero-order chi connectivity index (χ0) is 38.4. The van der Waals surface area contributed by atoms with Gasteiger partial charge >= 0.3 is 30.8 Å². The van der Waals surface area contributed by atoms with Crippen LogP contribution in [0.15, 0.2) is 72.8 Å². The molecule has 0 amide bonds. The third-order valence-electron chi connectivity index (χ3n) is 7.52. The Hall–Kier alpha value is -3.34. The molecule has 0 aliphatic heterocycles. The van der Waals surface area contributed by atoms with Gasteiger partial charge < -0.3 is 15.3 Å². The molecule has 0 fully saturated rings. The Morgan fingerprint density at radius 2 is 1.07 bits per heavy atom. The Labute approximate surface area is 359 Å². The average Bonchev–Trinajstić information content (AvgIpc) is 3.74. The van der Waals surface area contributed by atoms with E-state index in [1.54, 1.807) is 53.8 Å². The molecular formula is C39H35Cl4LiN4O5S2. The van der Waals surface area contributed by atoms with E-state index >= 15 is 0 Å². The second kappa shape index (κ2) is 20.7. The van der Waals surface area contributed by atoms with Gasteiger partial charge in [-0.1, -0.05) is 98.4 Å². The van der Waals surface area contributed by atoms with Crippen LogP contribution in [0.5, 0.6) is 0 Å². The summed E-state index contributed by atoms with van der Waals surface area (Å²) < 4.78 is 4.76. The molecule has 2 N–H and O–H groups in total. The number of carbonyl (C=O) groups excluding carboxylic acids is 1. The van der Waals surface area contributed by atoms with Crippen molar-refractivity contribution in [1.82, 2.24) is 19.9 Å². The topological polar surface area (TPSA) is 145 Å². The number of benzene rings is 2. The Kier molecular flexibility index (Phi) is 17.3. The fraction of sp³-hybridized carbons (Fsp3) is 0.231. The molecule has 16 heteroatoms. The number of aromatic carboxylic acids is 1. The van der Waals surface area contributed by atoms with Crippen molar-refractivity contribution in [2.24, 2.45) is 11.8 Å². The van der Waals surface area contributed by atoms with Crippen LogP contribution in [0.25, 0.3) is 43.9 Å². The molecule has 55 heavy (non-hydrogen) atoms. The Morgan fingerprint density at radius 3 is 1.45 bits per heavy atom. The van der Waals surface area contributed by atoms with Gasteiger partial charge in [-0.15, -0.1) is 22.7 Å². The smallest absolute Gasteiger partial charge is 0.870 e. The number of halogens is 4. The van der Waals surface area contributed by atoms with Gasteiger partial charge in [0, 0.05) is 20.9 Å². The standard InChI is InChI=1S/C20H18Cl2N2O2S.C19H16Cl2N2O2S.Li.H2O/c1-11(2)9-17-18(12-7-8-13(21)14(22)10-12)24-19(27-17)15-5-4-6-16(23-15)20(25)26-3;1-10(2)8-16-17(11-6-7-12(20)13(21)9-11)23-18(26-16)14-4-3-5-15(22-14)19(24)25;;/h4-8,10-11H,9H2,1-3H3;3-7,9-10H,8H2,1-2H3,(H,24,25);;1H2/q;;+1;/p-1. The maximum atomic E-state index is 11.8. The maximum Gasteiger partial charge on any atom is 1.00 e. The third-order valence-corrected chi connectivity index (χ3v) is 11.2. The number of hydrogen-bond acceptors (Lipinski definition) is 10. The second-order valence-electron chi connectivity index (χ2n) is 12.6. The first-order valence-corrected chi connectivity index (χ1v) is 19.5. The number of rotatable bonds is 10. The summed E-state index contributed by atoms with van der Waals surface area (Å²) in [4.78, 5) is 43.4. The number of aromatic nitrogens is 4. The summed E-state index contributed by atoms with van der Waals surface area (Å²) in [6.07, 6.45) is 1.73. The van der Waals surface area contributed by atoms with Crippen LogP contribution >= 0.6 is 69.1 Å². The zero-order valence-electron chi connectivity index (χ0n) is 30.7. The van der Waals surface area contributed by atoms with Crippen molar-refractivity contribution in [3.63, 3.8) is 0 Å². The predicted molar refractivity (Wildman–Crippen MR) is 219 cm³/mol. The molecule has 0 unspecified atom stereocenters. The minimum Gasteiger partial charge on any atom is -0.870 e. The molecule has 2 aromatic carbocycles. The number of esters is 1. The largest absolute Gasteiger partial charge is 1.00 e. The van der Waals surface area contributed by atoms with Crippen LogP contribution in [-0.4, -0.2) is 49.6 Å². The van der Waals surface area contributed by atoms with Crippen molar-refractivity contribution >= 4 is 81.0 Å². The minimum absolute atomic E-state index is 0. The summed E-state index contributed by atoms with van der Waals surface area (Å²) in [5.41, 5.74) is 4.93. The van der Waals surface area contributed by atoms with Crippen LogP contribution in [-0.2, 0) is 17.6 Å². The fourth-order valence-electron chi connectivity index (χ4n) is 5.12. The normalized spacial score (nSPS) is 10.7. The molecule has 0 bridgehead atoms. The molecule has 0 spiro atoms. The first kappa shape index (κ1) is 46.0. The molecule has 4 aromatic heterocycles. The van der Waals surface area contributed by atoms with Crippen LogP contribution in [0, 0.1) is 11.8 Å². The summed E-state index contributed by atoms with van der Waals surface area (Å²) in [7, 11) is 1.34. The van der Waals surface area contributed by atoms with E-state index in [4.69, 9.17) is 66.2 Å². The molecule has 4 heterocycles. The van der Waals surface area contributed by atoms with Gasteiger partial charge in [-0.3, -0.25) is 0 Å². The van der Waals surface area contributed by atoms with Crippen molar-refractivity contribution < 1.29 is 43.8 Å². The minimum atomic E-state index is -1.06. The zero-order valence-corrected chi connectivity index (χ0v) is 35.4. The van der Waals surface area contributed by atoms with E-state index < -0.39 is 11.9 Å². The Morgan fingerprint density at radius 1 is 0.655 bits per heavy atom. The van der Waals surface area contributed by atoms with Crippen LogP contribution in [0.2, 0.25) is 20.1 Å². The Bertz CT molecular complexity index is 2280. The van der Waals surface area contributed by atoms with Crippen molar-refractivity contribution in [1.29, 1.82) is 0 Å². The number of hydrogen-bond donors (Lipinski definition) is 1. The summed E-state index contributed by atoms with van der Waals surface area (Å²) in [6, 6.07) is 21.1. The summed E-state index contributed by atoms with van der Waals surface area (Å²) in [6.45, 7) is 8.60. The quantitative estimate of drug-likeness (QED) is 0.105. The van der Waals surface area contributed by atoms with Crippen LogP contribution < -0.4 is 18.9 Å². The van der Waals surface area contributed by atoms with Crippen LogP contribution in [0.1, 0.15) is 58.4 Å². The molecule has 0 radical (unpaired) electrons. The average molecular weight is 853 g/mol. The van der Waals surface area contributed by atoms with E-state index in [-0.39, 0.29) is 35.7 Å². The predicted octanol–water partition coefficient (Wildman–Crippen LogP) is 9.07. The van der Waals surface area contributed by atoms with Crippen LogP contribution in [0.3, 0.4) is 0 Å². The first-order valence-electron chi connectivity index (χ1n) is 16.4. The molecule has 0 saturated carbocycles.